The van der Waals surface area contributed by atoms with Gasteiger partial charge in [0.05, 0.1) is 12.8 Å². The van der Waals surface area contributed by atoms with Crippen LogP contribution in [0.1, 0.15) is 12.8 Å². The molecule has 0 amide bonds. The van der Waals surface area contributed by atoms with Gasteiger partial charge < -0.3 is 29.5 Å². The van der Waals surface area contributed by atoms with Crippen LogP contribution < -0.4 is 59.1 Å². The molecule has 0 fully saturated rings. The molecule has 0 unspecified atom stereocenters. The van der Waals surface area contributed by atoms with Crippen molar-refractivity contribution in [3.05, 3.63) is 0 Å². The molecule has 0 bridgehead atoms. The van der Waals surface area contributed by atoms with Crippen LogP contribution >= 0.6 is 0 Å². The van der Waals surface area contributed by atoms with Gasteiger partial charge in [-0.15, -0.1) is 0 Å². The van der Waals surface area contributed by atoms with Gasteiger partial charge in [0.1, 0.15) is 0 Å². The van der Waals surface area contributed by atoms with Crippen LogP contribution in [0.4, 0.5) is 0 Å². The summed E-state index contributed by atoms with van der Waals surface area (Å²) in [5, 5.41) is 33.8. The van der Waals surface area contributed by atoms with Gasteiger partial charge in [0.25, 0.3) is 0 Å². The zero-order valence-corrected chi connectivity index (χ0v) is 15.3. The van der Waals surface area contributed by atoms with Crippen LogP contribution in [0.3, 0.4) is 0 Å². The van der Waals surface area contributed by atoms with Crippen molar-refractivity contribution in [2.24, 2.45) is 0 Å². The van der Waals surface area contributed by atoms with Crippen LogP contribution in [-0.4, -0.2) is 61.5 Å². The molecule has 0 aliphatic carbocycles. The zero-order valence-electron chi connectivity index (χ0n) is 10.5. The maximum Gasteiger partial charge on any atom is 1.00 e. The molecule has 0 aromatic heterocycles. The predicted octanol–water partition coefficient (Wildman–Crippen LogP) is -8.58. The molecule has 0 aromatic rings. The Labute approximate surface area is 157 Å². The third kappa shape index (κ3) is 20.6. The van der Waals surface area contributed by atoms with E-state index in [-0.39, 0.29) is 59.1 Å². The first kappa shape index (κ1) is 28.4. The Balaban J connectivity index is -0.000000158. The summed E-state index contributed by atoms with van der Waals surface area (Å²) in [6.45, 7) is 0. The Morgan fingerprint density at radius 3 is 1.20 bits per heavy atom. The van der Waals surface area contributed by atoms with Gasteiger partial charge in [-0.05, 0) is 0 Å². The quantitative estimate of drug-likeness (QED) is 0.210. The molecule has 0 rings (SSSR count). The monoisotopic (exact) mass is 334 g/mol. The molecule has 0 aromatic carbocycles. The van der Waals surface area contributed by atoms with Crippen LogP contribution in [-0.2, 0) is 24.8 Å². The number of carboxylic acids is 3. The first-order chi connectivity index (χ1) is 7.78. The van der Waals surface area contributed by atoms with Crippen molar-refractivity contribution < 1.29 is 111 Å². The van der Waals surface area contributed by atoms with Gasteiger partial charge in [0, 0.05) is 10.4 Å². The zero-order chi connectivity index (χ0) is 15.1. The molecule has 0 heterocycles. The van der Waals surface area contributed by atoms with Crippen LogP contribution in [0, 0.1) is 0 Å². The van der Waals surface area contributed by atoms with E-state index in [9.17, 15) is 14.4 Å². The Kier molecular flexibility index (Phi) is 16.8. The van der Waals surface area contributed by atoms with Crippen LogP contribution in [0.25, 0.3) is 0 Å². The summed E-state index contributed by atoms with van der Waals surface area (Å²) in [5.41, 5.74) is -2.74. The number of rotatable bonds is 5. The summed E-state index contributed by atoms with van der Waals surface area (Å²) < 4.78 is 34.1. The molecular formula is C6H8Na2O11S. The molecule has 11 nitrogen and oxygen atoms in total. The number of aliphatic hydroxyl groups is 1. The van der Waals surface area contributed by atoms with Gasteiger partial charge >= 0.3 is 77.0 Å². The van der Waals surface area contributed by atoms with Crippen LogP contribution in [0.5, 0.6) is 0 Å². The molecule has 0 atom stereocenters. The van der Waals surface area contributed by atoms with Crippen molar-refractivity contribution in [1.82, 2.24) is 0 Å². The summed E-state index contributed by atoms with van der Waals surface area (Å²) in [6, 6.07) is 0. The Bertz CT molecular complexity index is 406. The van der Waals surface area contributed by atoms with Crippen molar-refractivity contribution in [2.45, 2.75) is 18.4 Å². The fourth-order valence-electron chi connectivity index (χ4n) is 0.714. The third-order valence-electron chi connectivity index (χ3n) is 1.29. The second kappa shape index (κ2) is 11.9. The molecule has 0 spiro atoms. The maximum absolute atomic E-state index is 10.3. The number of carbonyl (C=O) groups is 3. The van der Waals surface area contributed by atoms with E-state index in [1.165, 1.54) is 0 Å². The smallest absolute Gasteiger partial charge is 0.759 e. The molecule has 0 aliphatic rings. The van der Waals surface area contributed by atoms with E-state index in [0.29, 0.717) is 0 Å². The maximum atomic E-state index is 10.3. The first-order valence-corrected chi connectivity index (χ1v) is 5.17. The molecule has 0 radical (unpaired) electrons. The van der Waals surface area contributed by atoms with Crippen molar-refractivity contribution in [3.63, 3.8) is 0 Å². The molecule has 0 saturated carbocycles. The Hall–Kier alpha value is 0.240. The second-order valence-corrected chi connectivity index (χ2v) is 3.70. The van der Waals surface area contributed by atoms with Gasteiger partial charge in [0.15, 0.2) is 5.60 Å². The Morgan fingerprint density at radius 2 is 1.10 bits per heavy atom. The Morgan fingerprint density at radius 1 is 0.900 bits per heavy atom. The molecular weight excluding hydrogens is 326 g/mol. The minimum absolute atomic E-state index is 0. The van der Waals surface area contributed by atoms with E-state index >= 15 is 0 Å². The van der Waals surface area contributed by atoms with E-state index < -0.39 is 46.7 Å². The van der Waals surface area contributed by atoms with Gasteiger partial charge in [-0.25, -0.2) is 4.79 Å². The van der Waals surface area contributed by atoms with E-state index in [2.05, 4.69) is 0 Å². The van der Waals surface area contributed by atoms with E-state index in [0.717, 1.165) is 0 Å². The summed E-state index contributed by atoms with van der Waals surface area (Å²) in [5.74, 6) is -5.02. The van der Waals surface area contributed by atoms with Gasteiger partial charge in [-0.2, -0.15) is 0 Å². The topological polar surface area (TPSA) is 212 Å². The molecule has 20 heavy (non-hydrogen) atoms. The molecule has 4 N–H and O–H groups in total. The first-order valence-electron chi connectivity index (χ1n) is 3.84. The van der Waals surface area contributed by atoms with E-state index in [1.54, 1.807) is 0 Å². The van der Waals surface area contributed by atoms with Crippen LogP contribution in [0.2, 0.25) is 0 Å². The van der Waals surface area contributed by atoms with Crippen molar-refractivity contribution in [1.29, 1.82) is 0 Å². The second-order valence-electron chi connectivity index (χ2n) is 2.89. The molecule has 14 heteroatoms. The molecule has 0 aliphatic heterocycles. The number of hydrogen-bond acceptors (Lipinski definition) is 8. The minimum atomic E-state index is -5.17. The summed E-state index contributed by atoms with van der Waals surface area (Å²) >= 11 is 0. The number of aliphatic carboxylic acids is 3. The fourth-order valence-corrected chi connectivity index (χ4v) is 0.714. The summed E-state index contributed by atoms with van der Waals surface area (Å²) in [7, 11) is -5.17. The standard InChI is InChI=1S/C6H8O7.2Na.H2O4S/c7-3(8)1-6(13,5(11)12)2-4(9)10;;;1-5(2,3)4/h13H,1-2H2,(H,7,8)(H,9,10)(H,11,12);;;(H2,1,2,3,4)/q;2*+1;/p-2. The fraction of sp³-hybridized carbons (Fsp3) is 0.500. The van der Waals surface area contributed by atoms with Crippen molar-refractivity contribution in [3.8, 4) is 0 Å². The van der Waals surface area contributed by atoms with Gasteiger partial charge in [-0.1, -0.05) is 0 Å². The van der Waals surface area contributed by atoms with E-state index in [1.807, 2.05) is 0 Å². The minimum Gasteiger partial charge on any atom is -0.759 e. The van der Waals surface area contributed by atoms with Crippen LogP contribution in [0.15, 0.2) is 0 Å². The van der Waals surface area contributed by atoms with E-state index in [4.69, 9.17) is 37.9 Å². The average Bonchev–Trinajstić information content (AvgIpc) is 1.95. The summed E-state index contributed by atoms with van der Waals surface area (Å²) in [6.07, 6.45) is -2.29. The third-order valence-corrected chi connectivity index (χ3v) is 1.29. The molecule has 0 saturated heterocycles. The number of hydrogen-bond donors (Lipinski definition) is 4. The van der Waals surface area contributed by atoms with Gasteiger partial charge in [0.2, 0.25) is 0 Å². The van der Waals surface area contributed by atoms with Gasteiger partial charge in [-0.3, -0.25) is 18.0 Å². The summed E-state index contributed by atoms with van der Waals surface area (Å²) in [4.78, 5) is 30.5. The average molecular weight is 334 g/mol. The normalized spacial score (nSPS) is 9.95. The SMILES string of the molecule is O=C(O)CC(O)(CC(=O)O)C(=O)O.O=S(=O)([O-])[O-].[Na+].[Na+]. The predicted molar refractivity (Wildman–Crippen MR) is 47.6 cm³/mol. The largest absolute Gasteiger partial charge is 1.00 e. The molecule has 106 valence electrons. The van der Waals surface area contributed by atoms with Crippen molar-refractivity contribution >= 4 is 28.3 Å². The number of carboxylic acid groups (broad SMARTS) is 3. The van der Waals surface area contributed by atoms with Crippen molar-refractivity contribution in [2.75, 3.05) is 0 Å².